The quantitative estimate of drug-likeness (QED) is 0.611. The molecule has 3 fully saturated rings. The summed E-state index contributed by atoms with van der Waals surface area (Å²) in [5, 5.41) is 5.51. The van der Waals surface area contributed by atoms with E-state index < -0.39 is 24.0 Å². The van der Waals surface area contributed by atoms with Gasteiger partial charge in [-0.25, -0.2) is 0 Å². The second-order valence-corrected chi connectivity index (χ2v) is 8.05. The Balaban J connectivity index is 1.70. The number of rotatable bonds is 6. The smallest absolute Gasteiger partial charge is 0.245 e. The number of amides is 4. The summed E-state index contributed by atoms with van der Waals surface area (Å²) < 4.78 is 0. The van der Waals surface area contributed by atoms with Gasteiger partial charge in [-0.15, -0.1) is 0 Å². The van der Waals surface area contributed by atoms with Crippen LogP contribution in [0.5, 0.6) is 0 Å². The van der Waals surface area contributed by atoms with Crippen molar-refractivity contribution in [1.29, 1.82) is 0 Å². The normalized spacial score (nSPS) is 27.3. The van der Waals surface area contributed by atoms with E-state index in [1.165, 1.54) is 11.3 Å². The highest BCUT2D eigenvalue weighted by atomic mass is 16.2. The summed E-state index contributed by atoms with van der Waals surface area (Å²) in [6.07, 6.45) is 8.28. The highest BCUT2D eigenvalue weighted by Crippen LogP contribution is 2.29. The lowest BCUT2D eigenvalue weighted by molar-refractivity contribution is -0.141. The van der Waals surface area contributed by atoms with Crippen LogP contribution in [0, 0.1) is 5.92 Å². The van der Waals surface area contributed by atoms with Crippen LogP contribution in [0.25, 0.3) is 0 Å². The monoisotopic (exact) mass is 378 g/mol. The Kier molecular flexibility index (Phi) is 6.34. The zero-order valence-corrected chi connectivity index (χ0v) is 15.7. The first-order valence-corrected chi connectivity index (χ1v) is 10.1. The Labute approximate surface area is 159 Å². The minimum absolute atomic E-state index is 0.140. The molecule has 150 valence electrons. The molecular weight excluding hydrogens is 348 g/mol. The molecule has 0 aromatic carbocycles. The fraction of sp³-hybridized carbons (Fsp3) is 0.789. The third-order valence-electron chi connectivity index (χ3n) is 6.08. The molecule has 3 atom stereocenters. The van der Waals surface area contributed by atoms with Crippen molar-refractivity contribution in [2.24, 2.45) is 11.7 Å². The second kappa shape index (κ2) is 8.71. The number of likely N-dealkylation sites (tertiary alicyclic amines) is 1. The molecule has 0 aromatic heterocycles. The molecule has 3 rings (SSSR count). The molecule has 8 nitrogen and oxygen atoms in total. The van der Waals surface area contributed by atoms with E-state index in [9.17, 15) is 19.2 Å². The van der Waals surface area contributed by atoms with Gasteiger partial charge in [0.15, 0.2) is 0 Å². The van der Waals surface area contributed by atoms with Crippen LogP contribution in [0.2, 0.25) is 0 Å². The summed E-state index contributed by atoms with van der Waals surface area (Å²) in [6.45, 7) is 0.490. The maximum Gasteiger partial charge on any atom is 0.245 e. The molecule has 27 heavy (non-hydrogen) atoms. The van der Waals surface area contributed by atoms with Crippen LogP contribution in [0.3, 0.4) is 0 Å². The van der Waals surface area contributed by atoms with Crippen molar-refractivity contribution in [3.63, 3.8) is 0 Å². The molecule has 1 saturated carbocycles. The Morgan fingerprint density at radius 2 is 1.85 bits per heavy atom. The van der Waals surface area contributed by atoms with Gasteiger partial charge in [0, 0.05) is 13.0 Å². The molecule has 4 N–H and O–H groups in total. The topological polar surface area (TPSA) is 122 Å². The molecule has 0 aromatic rings. The highest BCUT2D eigenvalue weighted by molar-refractivity contribution is 5.95. The zero-order valence-electron chi connectivity index (χ0n) is 15.7. The van der Waals surface area contributed by atoms with Gasteiger partial charge in [0.2, 0.25) is 23.6 Å². The Morgan fingerprint density at radius 1 is 1.11 bits per heavy atom. The SMILES string of the molecule is NC(=O)[C@H]1CCCN1C(=O)[C@H](CC1CCCCC1)NC(=O)[C@H]1CCC(=O)N1. The number of hydrogen-bond donors (Lipinski definition) is 3. The van der Waals surface area contributed by atoms with Gasteiger partial charge in [-0.1, -0.05) is 32.1 Å². The molecule has 4 amide bonds. The first-order chi connectivity index (χ1) is 13.0. The summed E-state index contributed by atoms with van der Waals surface area (Å²) in [6, 6.07) is -1.84. The highest BCUT2D eigenvalue weighted by Gasteiger charge is 2.38. The van der Waals surface area contributed by atoms with Crippen molar-refractivity contribution >= 4 is 23.6 Å². The minimum atomic E-state index is -0.668. The molecule has 0 bridgehead atoms. The Hall–Kier alpha value is -2.12. The lowest BCUT2D eigenvalue weighted by Gasteiger charge is -2.31. The summed E-state index contributed by atoms with van der Waals surface area (Å²) in [7, 11) is 0. The van der Waals surface area contributed by atoms with E-state index in [4.69, 9.17) is 5.73 Å². The Bertz CT molecular complexity index is 603. The molecule has 8 heteroatoms. The van der Waals surface area contributed by atoms with Gasteiger partial charge in [0.25, 0.3) is 0 Å². The van der Waals surface area contributed by atoms with Crippen LogP contribution in [0.4, 0.5) is 0 Å². The minimum Gasteiger partial charge on any atom is -0.368 e. The summed E-state index contributed by atoms with van der Waals surface area (Å²) in [5.74, 6) is -0.782. The lowest BCUT2D eigenvalue weighted by atomic mass is 9.84. The van der Waals surface area contributed by atoms with Crippen LogP contribution in [-0.2, 0) is 19.2 Å². The van der Waals surface area contributed by atoms with E-state index in [1.807, 2.05) is 0 Å². The maximum absolute atomic E-state index is 13.2. The molecule has 2 aliphatic heterocycles. The van der Waals surface area contributed by atoms with E-state index >= 15 is 0 Å². The van der Waals surface area contributed by atoms with Crippen molar-refractivity contribution in [3.05, 3.63) is 0 Å². The number of nitrogens with two attached hydrogens (primary N) is 1. The van der Waals surface area contributed by atoms with Crippen LogP contribution < -0.4 is 16.4 Å². The van der Waals surface area contributed by atoms with Crippen LogP contribution in [0.1, 0.15) is 64.2 Å². The number of carbonyl (C=O) groups excluding carboxylic acids is 4. The Morgan fingerprint density at radius 3 is 2.48 bits per heavy atom. The van der Waals surface area contributed by atoms with Gasteiger partial charge in [0.05, 0.1) is 0 Å². The number of primary amides is 1. The average Bonchev–Trinajstić information content (AvgIpc) is 3.30. The van der Waals surface area contributed by atoms with Crippen molar-refractivity contribution in [2.75, 3.05) is 6.54 Å². The number of carbonyl (C=O) groups is 4. The van der Waals surface area contributed by atoms with E-state index in [1.54, 1.807) is 0 Å². The number of nitrogens with one attached hydrogen (secondary N) is 2. The van der Waals surface area contributed by atoms with Crippen molar-refractivity contribution in [1.82, 2.24) is 15.5 Å². The van der Waals surface area contributed by atoms with Gasteiger partial charge in [-0.05, 0) is 31.6 Å². The molecule has 2 saturated heterocycles. The predicted octanol–water partition coefficient (Wildman–Crippen LogP) is 0.197. The van der Waals surface area contributed by atoms with Crippen LogP contribution >= 0.6 is 0 Å². The fourth-order valence-corrected chi connectivity index (χ4v) is 4.59. The standard InChI is InChI=1S/C19H30N4O4/c20-17(25)15-7-4-10-23(15)19(27)14(11-12-5-2-1-3-6-12)22-18(26)13-8-9-16(24)21-13/h12-15H,1-11H2,(H2,20,25)(H,21,24)(H,22,26)/t13-,14+,15-/m1/s1. The van der Waals surface area contributed by atoms with Gasteiger partial charge in [-0.2, -0.15) is 0 Å². The molecule has 1 aliphatic carbocycles. The van der Waals surface area contributed by atoms with E-state index in [2.05, 4.69) is 10.6 Å². The molecule has 0 radical (unpaired) electrons. The number of nitrogens with zero attached hydrogens (tertiary/aromatic N) is 1. The van der Waals surface area contributed by atoms with Crippen molar-refractivity contribution in [3.8, 4) is 0 Å². The van der Waals surface area contributed by atoms with Gasteiger partial charge in [-0.3, -0.25) is 19.2 Å². The fourth-order valence-electron chi connectivity index (χ4n) is 4.59. The molecule has 3 aliphatic rings. The van der Waals surface area contributed by atoms with E-state index in [0.717, 1.165) is 32.1 Å². The van der Waals surface area contributed by atoms with Crippen molar-refractivity contribution in [2.45, 2.75) is 82.3 Å². The molecule has 2 heterocycles. The molecule has 0 spiro atoms. The summed E-state index contributed by atoms with van der Waals surface area (Å²) in [4.78, 5) is 50.4. The summed E-state index contributed by atoms with van der Waals surface area (Å²) >= 11 is 0. The van der Waals surface area contributed by atoms with Crippen LogP contribution in [-0.4, -0.2) is 53.2 Å². The van der Waals surface area contributed by atoms with E-state index in [-0.39, 0.29) is 17.7 Å². The lowest BCUT2D eigenvalue weighted by Crippen LogP contribution is -2.55. The first kappa shape index (κ1) is 19.6. The first-order valence-electron chi connectivity index (χ1n) is 10.1. The van der Waals surface area contributed by atoms with Gasteiger partial charge >= 0.3 is 0 Å². The summed E-state index contributed by atoms with van der Waals surface area (Å²) in [5.41, 5.74) is 5.46. The largest absolute Gasteiger partial charge is 0.368 e. The maximum atomic E-state index is 13.2. The van der Waals surface area contributed by atoms with Crippen LogP contribution in [0.15, 0.2) is 0 Å². The third-order valence-corrected chi connectivity index (χ3v) is 6.08. The van der Waals surface area contributed by atoms with Gasteiger partial charge in [0.1, 0.15) is 18.1 Å². The molecular formula is C19H30N4O4. The predicted molar refractivity (Wildman–Crippen MR) is 98.2 cm³/mol. The van der Waals surface area contributed by atoms with Gasteiger partial charge < -0.3 is 21.3 Å². The molecule has 0 unspecified atom stereocenters. The van der Waals surface area contributed by atoms with E-state index in [0.29, 0.717) is 38.1 Å². The number of hydrogen-bond acceptors (Lipinski definition) is 4. The second-order valence-electron chi connectivity index (χ2n) is 8.05. The zero-order chi connectivity index (χ0) is 19.4. The van der Waals surface area contributed by atoms with Crippen molar-refractivity contribution < 1.29 is 19.2 Å². The average molecular weight is 378 g/mol. The third kappa shape index (κ3) is 4.78.